The van der Waals surface area contributed by atoms with Crippen LogP contribution in [0.1, 0.15) is 17.5 Å². The lowest BCUT2D eigenvalue weighted by Crippen LogP contribution is -2.34. The summed E-state index contributed by atoms with van der Waals surface area (Å²) in [5.41, 5.74) is 3.03. The maximum absolute atomic E-state index is 12.8. The second kappa shape index (κ2) is 9.94. The van der Waals surface area contributed by atoms with Crippen molar-refractivity contribution < 1.29 is 4.79 Å². The highest BCUT2D eigenvalue weighted by molar-refractivity contribution is 8.01. The van der Waals surface area contributed by atoms with Crippen molar-refractivity contribution >= 4 is 39.8 Å². The van der Waals surface area contributed by atoms with Crippen molar-refractivity contribution in [2.75, 3.05) is 29.1 Å². The first kappa shape index (κ1) is 19.9. The lowest BCUT2D eigenvalue weighted by atomic mass is 10.1. The first-order chi connectivity index (χ1) is 12.6. The molecule has 0 radical (unpaired) electrons. The molecule has 26 heavy (non-hydrogen) atoms. The Balaban J connectivity index is 2.07. The molecule has 8 heteroatoms. The van der Waals surface area contributed by atoms with E-state index in [0.29, 0.717) is 18.2 Å². The third kappa shape index (κ3) is 5.31. The molecule has 0 spiro atoms. The summed E-state index contributed by atoms with van der Waals surface area (Å²) < 4.78 is 0.728. The molecule has 0 aliphatic heterocycles. The Bertz CT molecular complexity index is 812. The van der Waals surface area contributed by atoms with Gasteiger partial charge < -0.3 is 10.2 Å². The molecule has 0 aliphatic carbocycles. The summed E-state index contributed by atoms with van der Waals surface area (Å²) in [6, 6.07) is 7.98. The quantitative estimate of drug-likeness (QED) is 0.521. The van der Waals surface area contributed by atoms with Gasteiger partial charge in [-0.3, -0.25) is 4.79 Å². The minimum absolute atomic E-state index is 0.0465. The fourth-order valence-corrected chi connectivity index (χ4v) is 3.90. The van der Waals surface area contributed by atoms with Gasteiger partial charge in [0.1, 0.15) is 0 Å². The second-order valence-electron chi connectivity index (χ2n) is 5.50. The number of nitrogens with one attached hydrogen (secondary N) is 1. The van der Waals surface area contributed by atoms with Gasteiger partial charge in [0.05, 0.1) is 18.2 Å². The molecular weight excluding hydrogens is 366 g/mol. The van der Waals surface area contributed by atoms with Crippen LogP contribution in [0.3, 0.4) is 0 Å². The number of benzene rings is 1. The number of aryl methyl sites for hydroxylation is 1. The first-order valence-corrected chi connectivity index (χ1v) is 9.91. The fraction of sp³-hybridized carbons (Fsp3) is 0.333. The van der Waals surface area contributed by atoms with Gasteiger partial charge in [-0.15, -0.1) is 16.8 Å². The third-order valence-corrected chi connectivity index (χ3v) is 5.74. The smallest absolute Gasteiger partial charge is 0.237 e. The van der Waals surface area contributed by atoms with Gasteiger partial charge in [-0.2, -0.15) is 5.26 Å². The van der Waals surface area contributed by atoms with Gasteiger partial charge in [0, 0.05) is 18.8 Å². The van der Waals surface area contributed by atoms with Crippen molar-refractivity contribution in [3.63, 3.8) is 0 Å². The van der Waals surface area contributed by atoms with E-state index in [1.54, 1.807) is 11.0 Å². The Labute approximate surface area is 161 Å². The molecule has 0 fully saturated rings. The maximum atomic E-state index is 12.8. The van der Waals surface area contributed by atoms with Crippen molar-refractivity contribution in [1.82, 2.24) is 10.2 Å². The van der Waals surface area contributed by atoms with E-state index in [1.807, 2.05) is 32.0 Å². The monoisotopic (exact) mass is 387 g/mol. The van der Waals surface area contributed by atoms with E-state index in [2.05, 4.69) is 28.2 Å². The van der Waals surface area contributed by atoms with Gasteiger partial charge in [0.15, 0.2) is 4.34 Å². The molecule has 0 saturated heterocycles. The van der Waals surface area contributed by atoms with E-state index in [4.69, 9.17) is 5.26 Å². The standard InChI is InChI=1S/C18H21N5OS2/c1-4-10-20-17-21-22-18(26-17)25-12-16(24)23(11-6-9-19)15-8-5-7-13(2)14(15)3/h4-5,7-8H,1,6,10-12H2,2-3H3,(H,20,21). The normalized spacial score (nSPS) is 10.2. The van der Waals surface area contributed by atoms with Gasteiger partial charge in [0.2, 0.25) is 11.0 Å². The molecule has 1 N–H and O–H groups in total. The van der Waals surface area contributed by atoms with Gasteiger partial charge in [-0.05, 0) is 31.0 Å². The molecule has 1 aromatic carbocycles. The summed E-state index contributed by atoms with van der Waals surface area (Å²) in [5, 5.41) is 20.8. The zero-order valence-corrected chi connectivity index (χ0v) is 16.5. The zero-order valence-electron chi connectivity index (χ0n) is 14.9. The number of thioether (sulfide) groups is 1. The molecule has 0 saturated carbocycles. The first-order valence-electron chi connectivity index (χ1n) is 8.11. The lowest BCUT2D eigenvalue weighted by Gasteiger charge is -2.24. The van der Waals surface area contributed by atoms with E-state index in [-0.39, 0.29) is 18.1 Å². The Morgan fingerprint density at radius 3 is 3.00 bits per heavy atom. The number of hydrogen-bond donors (Lipinski definition) is 1. The number of carbonyl (C=O) groups excluding carboxylic acids is 1. The van der Waals surface area contributed by atoms with Gasteiger partial charge in [-0.25, -0.2) is 0 Å². The summed E-state index contributed by atoms with van der Waals surface area (Å²) in [4.78, 5) is 14.5. The predicted octanol–water partition coefficient (Wildman–Crippen LogP) is 3.79. The Kier molecular flexibility index (Phi) is 7.63. The molecule has 136 valence electrons. The van der Waals surface area contributed by atoms with E-state index in [9.17, 15) is 4.79 Å². The summed E-state index contributed by atoms with van der Waals surface area (Å²) in [5.74, 6) is 0.198. The lowest BCUT2D eigenvalue weighted by molar-refractivity contribution is -0.116. The highest BCUT2D eigenvalue weighted by atomic mass is 32.2. The van der Waals surface area contributed by atoms with E-state index >= 15 is 0 Å². The highest BCUT2D eigenvalue weighted by Crippen LogP contribution is 2.28. The Hall–Kier alpha value is -2.37. The van der Waals surface area contributed by atoms with Crippen LogP contribution < -0.4 is 10.2 Å². The van der Waals surface area contributed by atoms with Crippen LogP contribution in [0, 0.1) is 25.2 Å². The van der Waals surface area contributed by atoms with Crippen LogP contribution in [0.5, 0.6) is 0 Å². The van der Waals surface area contributed by atoms with Gasteiger partial charge in [0.25, 0.3) is 0 Å². The highest BCUT2D eigenvalue weighted by Gasteiger charge is 2.19. The average molecular weight is 388 g/mol. The van der Waals surface area contributed by atoms with Crippen molar-refractivity contribution in [3.05, 3.63) is 42.0 Å². The molecule has 2 rings (SSSR count). The number of nitrogens with zero attached hydrogens (tertiary/aromatic N) is 4. The molecule has 6 nitrogen and oxygen atoms in total. The number of hydrogen-bond acceptors (Lipinski definition) is 7. The second-order valence-corrected chi connectivity index (χ2v) is 7.70. The number of rotatable bonds is 9. The summed E-state index contributed by atoms with van der Waals surface area (Å²) >= 11 is 2.76. The van der Waals surface area contributed by atoms with E-state index in [0.717, 1.165) is 21.2 Å². The zero-order chi connectivity index (χ0) is 18.9. The number of amides is 1. The average Bonchev–Trinajstić information content (AvgIpc) is 3.09. The predicted molar refractivity (Wildman–Crippen MR) is 108 cm³/mol. The van der Waals surface area contributed by atoms with Crippen molar-refractivity contribution in [2.45, 2.75) is 24.6 Å². The number of nitriles is 1. The van der Waals surface area contributed by atoms with Crippen molar-refractivity contribution in [2.24, 2.45) is 0 Å². The molecule has 1 aromatic heterocycles. The topological polar surface area (TPSA) is 81.9 Å². The maximum Gasteiger partial charge on any atom is 0.237 e. The number of anilines is 2. The SMILES string of the molecule is C=CCNc1nnc(SCC(=O)N(CCC#N)c2cccc(C)c2C)s1. The van der Waals surface area contributed by atoms with Crippen molar-refractivity contribution in [3.8, 4) is 6.07 Å². The fourth-order valence-electron chi connectivity index (χ4n) is 2.27. The minimum atomic E-state index is -0.0465. The van der Waals surface area contributed by atoms with Gasteiger partial charge in [-0.1, -0.05) is 41.3 Å². The minimum Gasteiger partial charge on any atom is -0.357 e. The molecular formula is C18H21N5OS2. The molecule has 1 amide bonds. The summed E-state index contributed by atoms with van der Waals surface area (Å²) in [6.07, 6.45) is 2.03. The Morgan fingerprint density at radius 1 is 1.46 bits per heavy atom. The molecule has 0 atom stereocenters. The van der Waals surface area contributed by atoms with Crippen molar-refractivity contribution in [1.29, 1.82) is 5.26 Å². The van der Waals surface area contributed by atoms with Crippen LogP contribution in [0.25, 0.3) is 0 Å². The molecule has 2 aromatic rings. The van der Waals surface area contributed by atoms with Gasteiger partial charge >= 0.3 is 0 Å². The molecule has 0 aliphatic rings. The van der Waals surface area contributed by atoms with Crippen LogP contribution in [-0.2, 0) is 4.79 Å². The molecule has 0 bridgehead atoms. The van der Waals surface area contributed by atoms with E-state index in [1.165, 1.54) is 23.1 Å². The van der Waals surface area contributed by atoms with Crippen LogP contribution in [0.2, 0.25) is 0 Å². The van der Waals surface area contributed by atoms with E-state index < -0.39 is 0 Å². The number of aromatic nitrogens is 2. The molecule has 1 heterocycles. The van der Waals surface area contributed by atoms with Crippen LogP contribution in [0.4, 0.5) is 10.8 Å². The number of carbonyl (C=O) groups is 1. The molecule has 0 unspecified atom stereocenters. The van der Waals surface area contributed by atoms with Crippen LogP contribution in [-0.4, -0.2) is 34.9 Å². The largest absolute Gasteiger partial charge is 0.357 e. The third-order valence-electron chi connectivity index (χ3n) is 3.74. The van der Waals surface area contributed by atoms with Crippen LogP contribution in [0.15, 0.2) is 35.2 Å². The summed E-state index contributed by atoms with van der Waals surface area (Å²) in [7, 11) is 0. The Morgan fingerprint density at radius 2 is 2.27 bits per heavy atom. The van der Waals surface area contributed by atoms with Crippen LogP contribution >= 0.6 is 23.1 Å². The summed E-state index contributed by atoms with van der Waals surface area (Å²) in [6.45, 7) is 8.65.